The quantitative estimate of drug-likeness (QED) is 0.442. The lowest BCUT2D eigenvalue weighted by atomic mass is 9.94. The van der Waals surface area contributed by atoms with E-state index in [1.165, 1.54) is 11.6 Å². The van der Waals surface area contributed by atoms with Gasteiger partial charge < -0.3 is 20.5 Å². The predicted molar refractivity (Wildman–Crippen MR) is 127 cm³/mol. The van der Waals surface area contributed by atoms with Crippen LogP contribution >= 0.6 is 0 Å². The maximum absolute atomic E-state index is 14.9. The molecule has 0 bridgehead atoms. The molecule has 0 radical (unpaired) electrons. The summed E-state index contributed by atoms with van der Waals surface area (Å²) >= 11 is 0. The van der Waals surface area contributed by atoms with Gasteiger partial charge in [0.05, 0.1) is 37.2 Å². The maximum Gasteiger partial charge on any atom is 0.266 e. The number of anilines is 2. The number of para-hydroxylation sites is 1. The van der Waals surface area contributed by atoms with Gasteiger partial charge in [0, 0.05) is 30.5 Å². The fourth-order valence-corrected chi connectivity index (χ4v) is 4.73. The van der Waals surface area contributed by atoms with Crippen molar-refractivity contribution in [1.29, 1.82) is 0 Å². The Morgan fingerprint density at radius 2 is 2.03 bits per heavy atom. The summed E-state index contributed by atoms with van der Waals surface area (Å²) in [5, 5.41) is 19.7. The first-order chi connectivity index (χ1) is 16.4. The van der Waals surface area contributed by atoms with Gasteiger partial charge in [-0.25, -0.2) is 18.7 Å². The second kappa shape index (κ2) is 8.01. The Bertz CT molecular complexity index is 1410. The van der Waals surface area contributed by atoms with Crippen LogP contribution in [-0.2, 0) is 6.54 Å². The second-order valence-corrected chi connectivity index (χ2v) is 9.78. The number of nitrogens with zero attached hydrogens (tertiary/aromatic N) is 7. The van der Waals surface area contributed by atoms with Crippen LogP contribution in [-0.4, -0.2) is 66.2 Å². The van der Waals surface area contributed by atoms with E-state index in [1.54, 1.807) is 48.7 Å². The van der Waals surface area contributed by atoms with E-state index in [2.05, 4.69) is 20.2 Å². The van der Waals surface area contributed by atoms with E-state index in [-0.39, 0.29) is 31.3 Å². The third-order valence-corrected chi connectivity index (χ3v) is 6.11. The predicted octanol–water partition coefficient (Wildman–Crippen LogP) is 2.77. The monoisotopic (exact) mass is 486 g/mol. The number of halogens is 2. The van der Waals surface area contributed by atoms with Crippen molar-refractivity contribution >= 4 is 28.2 Å². The third-order valence-electron chi connectivity index (χ3n) is 6.11. The molecule has 1 aliphatic heterocycles. The minimum Gasteiger partial charge on any atom is -0.494 e. The molecule has 1 unspecified atom stereocenters. The minimum absolute atomic E-state index is 0.0962. The van der Waals surface area contributed by atoms with E-state index in [1.807, 2.05) is 6.07 Å². The van der Waals surface area contributed by atoms with Gasteiger partial charge in [-0.1, -0.05) is 6.07 Å². The highest BCUT2D eigenvalue weighted by Crippen LogP contribution is 2.38. The van der Waals surface area contributed by atoms with Crippen molar-refractivity contribution in [2.75, 3.05) is 30.8 Å². The second-order valence-electron chi connectivity index (χ2n) is 9.78. The fourth-order valence-electron chi connectivity index (χ4n) is 4.73. The minimum atomic E-state index is -2.96. The van der Waals surface area contributed by atoms with Crippen molar-refractivity contribution in [2.45, 2.75) is 51.2 Å². The number of nitrogens with two attached hydrogens (primary N) is 1. The van der Waals surface area contributed by atoms with Gasteiger partial charge in [-0.05, 0) is 32.9 Å². The van der Waals surface area contributed by atoms with Crippen LogP contribution in [0.2, 0.25) is 0 Å². The molecule has 0 aliphatic carbocycles. The Balaban J connectivity index is 1.53. The Labute approximate surface area is 200 Å². The van der Waals surface area contributed by atoms with Gasteiger partial charge in [-0.2, -0.15) is 9.61 Å². The van der Waals surface area contributed by atoms with Gasteiger partial charge in [-0.15, -0.1) is 5.10 Å². The van der Waals surface area contributed by atoms with Gasteiger partial charge in [-0.3, -0.25) is 4.68 Å². The van der Waals surface area contributed by atoms with Crippen LogP contribution in [0.3, 0.4) is 0 Å². The van der Waals surface area contributed by atoms with Crippen LogP contribution in [0.25, 0.3) is 16.6 Å². The van der Waals surface area contributed by atoms with E-state index < -0.39 is 24.0 Å². The Morgan fingerprint density at radius 1 is 1.26 bits per heavy atom. The molecule has 4 heterocycles. The summed E-state index contributed by atoms with van der Waals surface area (Å²) in [6.45, 7) is 5.21. The highest BCUT2D eigenvalue weighted by atomic mass is 19.3. The Morgan fingerprint density at radius 3 is 2.74 bits per heavy atom. The topological polar surface area (TPSA) is 120 Å². The van der Waals surface area contributed by atoms with Crippen molar-refractivity contribution in [3.8, 4) is 5.75 Å². The molecule has 0 saturated carbocycles. The standard InChI is InChI=1S/C23H28F2N8O2/c1-13-16(10-32(29-13)11-22(2,3)34)31-9-14(8-23(24,25)12-31)19-28-20-15-6-5-7-17(35-4)18(15)27-21(26)33(20)30-19/h5-7,10,14,34H,8-9,11-12H2,1-4H3,(H2,26,27). The van der Waals surface area contributed by atoms with Gasteiger partial charge >= 0.3 is 0 Å². The molecule has 1 saturated heterocycles. The largest absolute Gasteiger partial charge is 0.494 e. The number of aryl methyl sites for hydroxylation is 1. The van der Waals surface area contributed by atoms with E-state index in [9.17, 15) is 13.9 Å². The highest BCUT2D eigenvalue weighted by Gasteiger charge is 2.43. The number of piperidine rings is 1. The third kappa shape index (κ3) is 4.33. The number of ether oxygens (including phenoxy) is 1. The molecule has 3 aromatic heterocycles. The lowest BCUT2D eigenvalue weighted by molar-refractivity contribution is -0.0192. The fraction of sp³-hybridized carbons (Fsp3) is 0.478. The number of aromatic nitrogens is 6. The number of alkyl halides is 2. The number of hydrogen-bond acceptors (Lipinski definition) is 8. The number of fused-ring (bicyclic) bond motifs is 3. The van der Waals surface area contributed by atoms with Crippen LogP contribution in [0.15, 0.2) is 24.4 Å². The van der Waals surface area contributed by atoms with E-state index >= 15 is 0 Å². The normalized spacial score (nSPS) is 18.5. The number of rotatable bonds is 5. The zero-order chi connectivity index (χ0) is 25.1. The number of nitrogen functional groups attached to an aromatic ring is 1. The summed E-state index contributed by atoms with van der Waals surface area (Å²) in [5.74, 6) is -2.69. The lowest BCUT2D eigenvalue weighted by Gasteiger charge is -2.37. The first-order valence-corrected chi connectivity index (χ1v) is 11.3. The van der Waals surface area contributed by atoms with E-state index in [0.29, 0.717) is 33.7 Å². The van der Waals surface area contributed by atoms with Gasteiger partial charge in [0.1, 0.15) is 11.3 Å². The van der Waals surface area contributed by atoms with Crippen molar-refractivity contribution in [2.24, 2.45) is 0 Å². The zero-order valence-corrected chi connectivity index (χ0v) is 20.0. The zero-order valence-electron chi connectivity index (χ0n) is 20.0. The van der Waals surface area contributed by atoms with Gasteiger partial charge in [0.25, 0.3) is 5.92 Å². The average Bonchev–Trinajstić information content (AvgIpc) is 3.35. The molecule has 186 valence electrons. The molecule has 0 spiro atoms. The first-order valence-electron chi connectivity index (χ1n) is 11.3. The highest BCUT2D eigenvalue weighted by molar-refractivity contribution is 5.95. The molecule has 12 heteroatoms. The van der Waals surface area contributed by atoms with E-state index in [4.69, 9.17) is 10.5 Å². The van der Waals surface area contributed by atoms with Crippen molar-refractivity contribution < 1.29 is 18.6 Å². The summed E-state index contributed by atoms with van der Waals surface area (Å²) in [4.78, 5) is 10.6. The molecule has 10 nitrogen and oxygen atoms in total. The Kier molecular flexibility index (Phi) is 5.31. The van der Waals surface area contributed by atoms with Crippen molar-refractivity contribution in [3.63, 3.8) is 0 Å². The van der Waals surface area contributed by atoms with Crippen molar-refractivity contribution in [3.05, 3.63) is 35.9 Å². The SMILES string of the molecule is COc1cccc2c1nc(N)n1nc(C3CN(c4cn(CC(C)(C)O)nc4C)CC(F)(F)C3)nc21. The van der Waals surface area contributed by atoms with Crippen LogP contribution < -0.4 is 15.4 Å². The molecule has 4 aromatic rings. The molecule has 5 rings (SSSR count). The molecule has 35 heavy (non-hydrogen) atoms. The van der Waals surface area contributed by atoms with E-state index in [0.717, 1.165) is 0 Å². The lowest BCUT2D eigenvalue weighted by Crippen LogP contribution is -2.46. The summed E-state index contributed by atoms with van der Waals surface area (Å²) < 4.78 is 38.3. The number of methoxy groups -OCH3 is 1. The van der Waals surface area contributed by atoms with Crippen LogP contribution in [0.5, 0.6) is 5.75 Å². The van der Waals surface area contributed by atoms with Crippen LogP contribution in [0.4, 0.5) is 20.4 Å². The molecular formula is C23H28F2N8O2. The van der Waals surface area contributed by atoms with Crippen LogP contribution in [0, 0.1) is 6.92 Å². The van der Waals surface area contributed by atoms with Gasteiger partial charge in [0.2, 0.25) is 5.95 Å². The molecule has 1 fully saturated rings. The molecule has 3 N–H and O–H groups in total. The summed E-state index contributed by atoms with van der Waals surface area (Å²) in [6.07, 6.45) is 1.32. The Hall–Kier alpha value is -3.54. The molecule has 1 aromatic carbocycles. The summed E-state index contributed by atoms with van der Waals surface area (Å²) in [7, 11) is 1.54. The molecule has 0 amide bonds. The number of hydrogen-bond donors (Lipinski definition) is 2. The first kappa shape index (κ1) is 23.2. The number of benzene rings is 1. The maximum atomic E-state index is 14.9. The summed E-state index contributed by atoms with van der Waals surface area (Å²) in [6, 6.07) is 5.39. The number of aliphatic hydroxyl groups is 1. The van der Waals surface area contributed by atoms with Crippen LogP contribution in [0.1, 0.15) is 37.7 Å². The van der Waals surface area contributed by atoms with Crippen molar-refractivity contribution in [1.82, 2.24) is 29.4 Å². The molecular weight excluding hydrogens is 458 g/mol. The smallest absolute Gasteiger partial charge is 0.266 e. The molecule has 1 atom stereocenters. The van der Waals surface area contributed by atoms with Gasteiger partial charge in [0.15, 0.2) is 11.5 Å². The summed E-state index contributed by atoms with van der Waals surface area (Å²) in [5.41, 5.74) is 7.34. The average molecular weight is 487 g/mol. The molecule has 1 aliphatic rings.